The van der Waals surface area contributed by atoms with Crippen LogP contribution >= 0.6 is 23.4 Å². The number of aliphatic carboxylic acids is 1. The smallest absolute Gasteiger partial charge is 0.308 e. The number of aliphatic hydroxyl groups is 1. The van der Waals surface area contributed by atoms with Gasteiger partial charge in [-0.3, -0.25) is 14.4 Å². The quantitative estimate of drug-likeness (QED) is 0.557. The summed E-state index contributed by atoms with van der Waals surface area (Å²) in [6.45, 7) is 5.57. The van der Waals surface area contributed by atoms with E-state index in [1.165, 1.54) is 16.7 Å². The number of benzene rings is 1. The number of halogens is 1. The molecule has 1 aromatic carbocycles. The molecule has 1 aromatic rings. The van der Waals surface area contributed by atoms with Crippen molar-refractivity contribution in [1.29, 1.82) is 0 Å². The monoisotopic (exact) mass is 478 g/mol. The van der Waals surface area contributed by atoms with Crippen molar-refractivity contribution in [3.05, 3.63) is 41.9 Å². The Morgan fingerprint density at radius 3 is 2.66 bits per heavy atom. The van der Waals surface area contributed by atoms with Crippen molar-refractivity contribution in [3.8, 4) is 0 Å². The molecule has 9 heteroatoms. The molecular formula is C23H27ClN2O5S. The maximum absolute atomic E-state index is 14.1. The summed E-state index contributed by atoms with van der Waals surface area (Å²) in [4.78, 5) is 42.9. The number of rotatable bonds is 8. The second-order valence-electron chi connectivity index (χ2n) is 8.60. The zero-order valence-corrected chi connectivity index (χ0v) is 19.4. The van der Waals surface area contributed by atoms with Crippen LogP contribution in [0, 0.1) is 11.8 Å². The molecule has 3 aliphatic heterocycles. The van der Waals surface area contributed by atoms with E-state index in [9.17, 15) is 24.6 Å². The predicted octanol–water partition coefficient (Wildman–Crippen LogP) is 2.81. The molecule has 3 aliphatic rings. The first kappa shape index (κ1) is 23.1. The Morgan fingerprint density at radius 1 is 1.41 bits per heavy atom. The van der Waals surface area contributed by atoms with Crippen LogP contribution in [-0.4, -0.2) is 68.1 Å². The number of likely N-dealkylation sites (tertiary alicyclic amines) is 1. The average molecular weight is 479 g/mol. The number of thioether (sulfide) groups is 1. The van der Waals surface area contributed by atoms with Crippen LogP contribution in [0.2, 0.25) is 5.02 Å². The van der Waals surface area contributed by atoms with E-state index in [1.807, 2.05) is 6.92 Å². The highest BCUT2D eigenvalue weighted by Crippen LogP contribution is 2.66. The van der Waals surface area contributed by atoms with E-state index in [-0.39, 0.29) is 30.2 Å². The van der Waals surface area contributed by atoms with Gasteiger partial charge in [0.15, 0.2) is 0 Å². The van der Waals surface area contributed by atoms with Crippen molar-refractivity contribution in [2.45, 2.75) is 48.3 Å². The lowest BCUT2D eigenvalue weighted by atomic mass is 9.71. The first-order valence-electron chi connectivity index (χ1n) is 10.8. The number of hydrogen-bond donors (Lipinski definition) is 2. The third-order valence-electron chi connectivity index (χ3n) is 7.05. The number of carbonyl (C=O) groups excluding carboxylic acids is 2. The van der Waals surface area contributed by atoms with Gasteiger partial charge in [-0.25, -0.2) is 0 Å². The zero-order valence-electron chi connectivity index (χ0n) is 17.8. The van der Waals surface area contributed by atoms with Gasteiger partial charge < -0.3 is 20.0 Å². The molecule has 4 rings (SSSR count). The summed E-state index contributed by atoms with van der Waals surface area (Å²) in [6, 6.07) is 5.45. The lowest BCUT2D eigenvalue weighted by Gasteiger charge is -2.39. The molecular weight excluding hydrogens is 452 g/mol. The first-order valence-corrected chi connectivity index (χ1v) is 12.1. The van der Waals surface area contributed by atoms with E-state index in [4.69, 9.17) is 11.6 Å². The highest BCUT2D eigenvalue weighted by Gasteiger charge is 2.74. The van der Waals surface area contributed by atoms with E-state index >= 15 is 0 Å². The van der Waals surface area contributed by atoms with Crippen LogP contribution in [-0.2, 0) is 14.4 Å². The van der Waals surface area contributed by atoms with Gasteiger partial charge in [-0.05, 0) is 43.5 Å². The highest BCUT2D eigenvalue weighted by atomic mass is 35.5. The van der Waals surface area contributed by atoms with Crippen LogP contribution in [0.15, 0.2) is 36.9 Å². The zero-order chi connectivity index (χ0) is 23.2. The summed E-state index contributed by atoms with van der Waals surface area (Å²) in [5.74, 6) is -3.20. The van der Waals surface area contributed by atoms with Crippen LogP contribution in [0.3, 0.4) is 0 Å². The van der Waals surface area contributed by atoms with Crippen molar-refractivity contribution in [1.82, 2.24) is 4.90 Å². The molecule has 3 fully saturated rings. The Labute approximate surface area is 196 Å². The van der Waals surface area contributed by atoms with Crippen LogP contribution < -0.4 is 4.90 Å². The van der Waals surface area contributed by atoms with Crippen LogP contribution in [0.1, 0.15) is 26.2 Å². The van der Waals surface area contributed by atoms with Crippen molar-refractivity contribution in [2.75, 3.05) is 18.1 Å². The van der Waals surface area contributed by atoms with Crippen molar-refractivity contribution < 1.29 is 24.6 Å². The second-order valence-corrected chi connectivity index (χ2v) is 10.6. The predicted molar refractivity (Wildman–Crippen MR) is 124 cm³/mol. The number of anilines is 1. The van der Waals surface area contributed by atoms with Gasteiger partial charge in [0.1, 0.15) is 6.04 Å². The molecule has 2 unspecified atom stereocenters. The van der Waals surface area contributed by atoms with Crippen molar-refractivity contribution in [2.24, 2.45) is 11.8 Å². The van der Waals surface area contributed by atoms with Gasteiger partial charge in [0.25, 0.3) is 5.91 Å². The van der Waals surface area contributed by atoms with Gasteiger partial charge in [0.05, 0.1) is 29.2 Å². The Hall–Kier alpha value is -2.03. The topological polar surface area (TPSA) is 98.2 Å². The summed E-state index contributed by atoms with van der Waals surface area (Å²) in [5.41, 5.74) is 0.621. The Balaban J connectivity index is 1.82. The maximum atomic E-state index is 14.1. The molecule has 0 aromatic heterocycles. The summed E-state index contributed by atoms with van der Waals surface area (Å²) in [6.07, 6.45) is 3.33. The number of hydrogen-bond acceptors (Lipinski definition) is 5. The molecule has 2 amide bonds. The Bertz CT molecular complexity index is 937. The molecule has 3 heterocycles. The van der Waals surface area contributed by atoms with E-state index in [2.05, 4.69) is 6.58 Å². The van der Waals surface area contributed by atoms with Crippen molar-refractivity contribution >= 4 is 46.8 Å². The molecule has 2 N–H and O–H groups in total. The van der Waals surface area contributed by atoms with Crippen LogP contribution in [0.25, 0.3) is 0 Å². The van der Waals surface area contributed by atoms with Gasteiger partial charge in [-0.2, -0.15) is 0 Å². The summed E-state index contributed by atoms with van der Waals surface area (Å²) >= 11 is 7.51. The van der Waals surface area contributed by atoms with Gasteiger partial charge in [0.2, 0.25) is 5.91 Å². The standard InChI is InChI=1S/C23H27ClN2O5S/c1-3-11-25(15-7-5-13(24)6-8-15)21(29)19-23-10-9-16(32-23)17(22(30)31)18(23)20(28)26(19)14(4-2)12-27/h3,5-8,14,16-19,27H,1,4,9-12H2,2H3,(H,30,31)/t14-,16-,17+,18-,19?,23?/m0/s1. The summed E-state index contributed by atoms with van der Waals surface area (Å²) in [5, 5.41) is 20.3. The normalized spacial score (nSPS) is 31.5. The minimum atomic E-state index is -0.992. The number of fused-ring (bicyclic) bond motifs is 1. The number of amides is 2. The second kappa shape index (κ2) is 8.72. The minimum absolute atomic E-state index is 0.184. The van der Waals surface area contributed by atoms with Gasteiger partial charge in [-0.1, -0.05) is 24.6 Å². The van der Waals surface area contributed by atoms with Gasteiger partial charge in [-0.15, -0.1) is 18.3 Å². The third kappa shape index (κ3) is 3.35. The molecule has 0 saturated carbocycles. The number of carboxylic acids is 1. The number of nitrogens with zero attached hydrogens (tertiary/aromatic N) is 2. The fourth-order valence-corrected chi connectivity index (χ4v) is 8.00. The highest BCUT2D eigenvalue weighted by molar-refractivity contribution is 8.02. The fraction of sp³-hybridized carbons (Fsp3) is 0.522. The Kier molecular flexibility index (Phi) is 6.31. The summed E-state index contributed by atoms with van der Waals surface area (Å²) < 4.78 is -0.809. The number of carbonyl (C=O) groups is 3. The van der Waals surface area contributed by atoms with Gasteiger partial charge >= 0.3 is 5.97 Å². The van der Waals surface area contributed by atoms with Gasteiger partial charge in [0, 0.05) is 22.5 Å². The largest absolute Gasteiger partial charge is 0.481 e. The average Bonchev–Trinajstić information content (AvgIpc) is 3.41. The molecule has 2 bridgehead atoms. The SMILES string of the molecule is C=CCN(C(=O)C1N([C@@H](CC)CO)C(=O)[C@@H]2[C@H](C(=O)O)[C@@H]3CCC12S3)c1ccc(Cl)cc1. The maximum Gasteiger partial charge on any atom is 0.308 e. The Morgan fingerprint density at radius 2 is 2.09 bits per heavy atom. The molecule has 0 aliphatic carbocycles. The molecule has 172 valence electrons. The molecule has 3 saturated heterocycles. The lowest BCUT2D eigenvalue weighted by molar-refractivity contribution is -0.149. The minimum Gasteiger partial charge on any atom is -0.481 e. The van der Waals surface area contributed by atoms with Crippen LogP contribution in [0.5, 0.6) is 0 Å². The molecule has 32 heavy (non-hydrogen) atoms. The number of aliphatic hydroxyl groups excluding tert-OH is 1. The molecule has 6 atom stereocenters. The molecule has 1 spiro atoms. The number of carboxylic acid groups (broad SMARTS) is 1. The molecule has 7 nitrogen and oxygen atoms in total. The van der Waals surface area contributed by atoms with E-state index in [0.717, 1.165) is 0 Å². The van der Waals surface area contributed by atoms with Crippen LogP contribution in [0.4, 0.5) is 5.69 Å². The third-order valence-corrected chi connectivity index (χ3v) is 9.25. The van der Waals surface area contributed by atoms with E-state index in [0.29, 0.717) is 30.0 Å². The van der Waals surface area contributed by atoms with E-state index < -0.39 is 34.6 Å². The first-order chi connectivity index (χ1) is 15.3. The lowest BCUT2D eigenvalue weighted by Crippen LogP contribution is -2.57. The molecule has 0 radical (unpaired) electrons. The van der Waals surface area contributed by atoms with E-state index in [1.54, 1.807) is 35.2 Å². The fourth-order valence-electron chi connectivity index (χ4n) is 5.68. The summed E-state index contributed by atoms with van der Waals surface area (Å²) in [7, 11) is 0. The van der Waals surface area contributed by atoms with Crippen molar-refractivity contribution in [3.63, 3.8) is 0 Å².